The Labute approximate surface area is 217 Å². The fourth-order valence-electron chi connectivity index (χ4n) is 4.16. The van der Waals surface area contributed by atoms with Gasteiger partial charge in [-0.05, 0) is 78.8 Å². The zero-order valence-electron chi connectivity index (χ0n) is 19.2. The molecule has 1 N–H and O–H groups in total. The second-order valence-electron chi connectivity index (χ2n) is 8.46. The molecule has 4 nitrogen and oxygen atoms in total. The van der Waals surface area contributed by atoms with E-state index in [2.05, 4.69) is 21.2 Å². The molecule has 1 aliphatic rings. The number of hydrogen-bond donors (Lipinski definition) is 1. The number of para-hydroxylation sites is 1. The molecule has 1 amide bonds. The van der Waals surface area contributed by atoms with Crippen LogP contribution >= 0.6 is 27.3 Å². The van der Waals surface area contributed by atoms with E-state index in [-0.39, 0.29) is 5.91 Å². The minimum absolute atomic E-state index is 0.0886. The van der Waals surface area contributed by atoms with Crippen molar-refractivity contribution in [2.45, 2.75) is 32.3 Å². The first-order chi connectivity index (χ1) is 17.2. The Hall–Kier alpha value is -3.22. The second kappa shape index (κ2) is 11.0. The predicted octanol–water partition coefficient (Wildman–Crippen LogP) is 7.97. The summed E-state index contributed by atoms with van der Waals surface area (Å²) >= 11 is 5.10. The van der Waals surface area contributed by atoms with Crippen LogP contribution in [-0.4, -0.2) is 12.1 Å². The highest BCUT2D eigenvalue weighted by atomic mass is 79.9. The van der Waals surface area contributed by atoms with Gasteiger partial charge in [-0.2, -0.15) is 0 Å². The number of aryl methyl sites for hydroxylation is 1. The van der Waals surface area contributed by atoms with Crippen LogP contribution in [0.3, 0.4) is 0 Å². The lowest BCUT2D eigenvalue weighted by Gasteiger charge is -2.12. The molecule has 4 aromatic rings. The highest BCUT2D eigenvalue weighted by Crippen LogP contribution is 2.40. The number of fused-ring (bicyclic) bond motifs is 1. The van der Waals surface area contributed by atoms with Gasteiger partial charge in [-0.3, -0.25) is 4.79 Å². The molecule has 3 aromatic carbocycles. The number of rotatable bonds is 7. The van der Waals surface area contributed by atoms with Crippen LogP contribution in [0.5, 0.6) is 5.75 Å². The molecule has 0 saturated carbocycles. The molecule has 35 heavy (non-hydrogen) atoms. The number of hydrogen-bond acceptors (Lipinski definition) is 4. The molecule has 6 heteroatoms. The molecule has 1 heterocycles. The predicted molar refractivity (Wildman–Crippen MR) is 148 cm³/mol. The van der Waals surface area contributed by atoms with E-state index in [0.717, 1.165) is 63.3 Å². The molecule has 0 atom stereocenters. The summed E-state index contributed by atoms with van der Waals surface area (Å²) in [7, 11) is 0. The van der Waals surface area contributed by atoms with Gasteiger partial charge in [0.1, 0.15) is 17.4 Å². The Morgan fingerprint density at radius 1 is 1.00 bits per heavy atom. The van der Waals surface area contributed by atoms with E-state index in [9.17, 15) is 4.79 Å². The monoisotopic (exact) mass is 544 g/mol. The maximum Gasteiger partial charge on any atom is 0.259 e. The van der Waals surface area contributed by atoms with Crippen LogP contribution in [0, 0.1) is 0 Å². The highest BCUT2D eigenvalue weighted by molar-refractivity contribution is 9.10. The van der Waals surface area contributed by atoms with E-state index in [1.165, 1.54) is 4.88 Å². The molecule has 0 radical (unpaired) electrons. The van der Waals surface area contributed by atoms with Gasteiger partial charge in [0.2, 0.25) is 0 Å². The molecule has 0 bridgehead atoms. The Bertz CT molecular complexity index is 1350. The summed E-state index contributed by atoms with van der Waals surface area (Å²) in [5, 5.41) is 3.82. The fourth-order valence-corrected chi connectivity index (χ4v) is 5.65. The Morgan fingerprint density at radius 3 is 2.63 bits per heavy atom. The van der Waals surface area contributed by atoms with Gasteiger partial charge in [-0.1, -0.05) is 58.4 Å². The number of carbonyl (C=O) groups is 1. The number of aliphatic imine (C=N–C) groups is 1. The normalized spacial score (nSPS) is 12.9. The van der Waals surface area contributed by atoms with E-state index in [1.807, 2.05) is 85.1 Å². The summed E-state index contributed by atoms with van der Waals surface area (Å²) in [6.45, 7) is 0.495. The van der Waals surface area contributed by atoms with Crippen molar-refractivity contribution in [1.82, 2.24) is 0 Å². The number of thiophene rings is 1. The first-order valence-corrected chi connectivity index (χ1v) is 13.3. The van der Waals surface area contributed by atoms with Gasteiger partial charge < -0.3 is 10.1 Å². The Morgan fingerprint density at radius 2 is 1.80 bits per heavy atom. The average Bonchev–Trinajstić information content (AvgIpc) is 3.27. The summed E-state index contributed by atoms with van der Waals surface area (Å²) in [4.78, 5) is 19.3. The summed E-state index contributed by atoms with van der Waals surface area (Å²) < 4.78 is 7.03. The van der Waals surface area contributed by atoms with E-state index in [4.69, 9.17) is 9.73 Å². The lowest BCUT2D eigenvalue weighted by molar-refractivity contribution is 0.102. The largest absolute Gasteiger partial charge is 0.489 e. The van der Waals surface area contributed by atoms with Crippen LogP contribution in [0.1, 0.15) is 44.8 Å². The van der Waals surface area contributed by atoms with Gasteiger partial charge in [-0.15, -0.1) is 11.3 Å². The molecular formula is C29H25BrN2O2S. The number of benzene rings is 3. The third-order valence-electron chi connectivity index (χ3n) is 5.92. The minimum Gasteiger partial charge on any atom is -0.489 e. The lowest BCUT2D eigenvalue weighted by atomic mass is 9.95. The summed E-state index contributed by atoms with van der Waals surface area (Å²) in [6, 6.07) is 25.5. The number of carbonyl (C=O) groups excluding carboxylic acids is 1. The summed E-state index contributed by atoms with van der Waals surface area (Å²) in [6.07, 6.45) is 6.03. The first kappa shape index (κ1) is 23.5. The van der Waals surface area contributed by atoms with Crippen LogP contribution in [0.25, 0.3) is 0 Å². The molecular weight excluding hydrogens is 520 g/mol. The van der Waals surface area contributed by atoms with Gasteiger partial charge in [0.25, 0.3) is 5.91 Å². The van der Waals surface area contributed by atoms with Crippen molar-refractivity contribution in [2.24, 2.45) is 4.99 Å². The highest BCUT2D eigenvalue weighted by Gasteiger charge is 2.25. The van der Waals surface area contributed by atoms with E-state index >= 15 is 0 Å². The van der Waals surface area contributed by atoms with Gasteiger partial charge in [0, 0.05) is 21.3 Å². The summed E-state index contributed by atoms with van der Waals surface area (Å²) in [5.74, 6) is 0.693. The number of halogens is 1. The van der Waals surface area contributed by atoms with Gasteiger partial charge in [-0.25, -0.2) is 4.99 Å². The zero-order chi connectivity index (χ0) is 24.0. The third kappa shape index (κ3) is 5.89. The number of ether oxygens (including phenoxy) is 1. The molecule has 0 fully saturated rings. The Balaban J connectivity index is 1.35. The smallest absolute Gasteiger partial charge is 0.259 e. The molecule has 0 unspecified atom stereocenters. The quantitative estimate of drug-likeness (QED) is 0.240. The van der Waals surface area contributed by atoms with Crippen molar-refractivity contribution < 1.29 is 9.53 Å². The van der Waals surface area contributed by atoms with Crippen molar-refractivity contribution >= 4 is 50.1 Å². The standard InChI is InChI=1S/C29H25BrN2O2S/c30-22-15-13-20(14-16-22)19-34-24-10-6-7-21(17-24)18-31-29-27(25-11-4-5-12-26(25)35-29)28(33)32-23-8-2-1-3-9-23/h1-3,6-10,13-18H,4-5,11-12,19H2,(H,32,33). The first-order valence-electron chi connectivity index (χ1n) is 11.7. The zero-order valence-corrected chi connectivity index (χ0v) is 21.6. The SMILES string of the molecule is O=C(Nc1ccccc1)c1c(N=Cc2cccc(OCc3ccc(Br)cc3)c2)sc2c1CCCC2. The van der Waals surface area contributed by atoms with Crippen LogP contribution in [0.4, 0.5) is 10.7 Å². The molecule has 1 aromatic heterocycles. The fraction of sp³-hybridized carbons (Fsp3) is 0.172. The van der Waals surface area contributed by atoms with E-state index in [1.54, 1.807) is 11.3 Å². The van der Waals surface area contributed by atoms with Crippen molar-refractivity contribution in [3.63, 3.8) is 0 Å². The summed E-state index contributed by atoms with van der Waals surface area (Å²) in [5.41, 5.74) is 4.70. The number of nitrogens with one attached hydrogen (secondary N) is 1. The topological polar surface area (TPSA) is 50.7 Å². The maximum absolute atomic E-state index is 13.3. The van der Waals surface area contributed by atoms with Gasteiger partial charge in [0.15, 0.2) is 0 Å². The van der Waals surface area contributed by atoms with Crippen LogP contribution in [0.15, 0.2) is 88.3 Å². The molecule has 0 spiro atoms. The van der Waals surface area contributed by atoms with Gasteiger partial charge >= 0.3 is 0 Å². The number of anilines is 1. The Kier molecular flexibility index (Phi) is 7.40. The lowest BCUT2D eigenvalue weighted by Crippen LogP contribution is -2.14. The maximum atomic E-state index is 13.3. The third-order valence-corrected chi connectivity index (χ3v) is 7.65. The molecule has 0 aliphatic heterocycles. The van der Waals surface area contributed by atoms with Crippen molar-refractivity contribution in [2.75, 3.05) is 5.32 Å². The van der Waals surface area contributed by atoms with Gasteiger partial charge in [0.05, 0.1) is 5.56 Å². The van der Waals surface area contributed by atoms with E-state index in [0.29, 0.717) is 12.2 Å². The molecule has 0 saturated heterocycles. The molecule has 176 valence electrons. The average molecular weight is 546 g/mol. The van der Waals surface area contributed by atoms with Crippen molar-refractivity contribution in [3.8, 4) is 5.75 Å². The molecule has 5 rings (SSSR count). The van der Waals surface area contributed by atoms with Crippen molar-refractivity contribution in [3.05, 3.63) is 110 Å². The van der Waals surface area contributed by atoms with Crippen molar-refractivity contribution in [1.29, 1.82) is 0 Å². The van der Waals surface area contributed by atoms with Crippen LogP contribution in [0.2, 0.25) is 0 Å². The number of nitrogens with zero attached hydrogens (tertiary/aromatic N) is 1. The second-order valence-corrected chi connectivity index (χ2v) is 10.5. The molecule has 1 aliphatic carbocycles. The van der Waals surface area contributed by atoms with Crippen LogP contribution in [-0.2, 0) is 19.4 Å². The van der Waals surface area contributed by atoms with E-state index < -0.39 is 0 Å². The number of amides is 1. The van der Waals surface area contributed by atoms with Crippen LogP contribution < -0.4 is 10.1 Å². The minimum atomic E-state index is -0.0886.